The number of rotatable bonds is 10. The van der Waals surface area contributed by atoms with E-state index in [-0.39, 0.29) is 0 Å². The second kappa shape index (κ2) is 10.2. The molecular weight excluding hydrogens is 314 g/mol. The van der Waals surface area contributed by atoms with E-state index in [9.17, 15) is 0 Å². The lowest BCUT2D eigenvalue weighted by Crippen LogP contribution is -2.20. The number of hydrogen-bond acceptors (Lipinski definition) is 2. The van der Waals surface area contributed by atoms with Crippen molar-refractivity contribution in [2.24, 2.45) is 5.92 Å². The van der Waals surface area contributed by atoms with E-state index < -0.39 is 0 Å². The molecule has 20 heavy (non-hydrogen) atoms. The van der Waals surface area contributed by atoms with E-state index >= 15 is 0 Å². The molecule has 0 spiro atoms. The van der Waals surface area contributed by atoms with Gasteiger partial charge in [0.25, 0.3) is 0 Å². The maximum absolute atomic E-state index is 5.40. The molecule has 0 fully saturated rings. The highest BCUT2D eigenvalue weighted by Crippen LogP contribution is 2.24. The van der Waals surface area contributed by atoms with Gasteiger partial charge in [-0.25, -0.2) is 0 Å². The average molecular weight is 342 g/mol. The smallest absolute Gasteiger partial charge is 0.122 e. The molecule has 114 valence electrons. The number of aryl methyl sites for hydroxylation is 1. The SMILES string of the molecule is COc1ccc(Br)cc1CCCCCCNCC(C)C. The van der Waals surface area contributed by atoms with E-state index in [1.165, 1.54) is 31.2 Å². The van der Waals surface area contributed by atoms with Gasteiger partial charge in [0.1, 0.15) is 5.75 Å². The van der Waals surface area contributed by atoms with Gasteiger partial charge in [-0.3, -0.25) is 0 Å². The largest absolute Gasteiger partial charge is 0.496 e. The Bertz CT molecular complexity index is 379. The predicted octanol–water partition coefficient (Wildman–Crippen LogP) is 4.81. The Morgan fingerprint density at radius 2 is 1.90 bits per heavy atom. The molecule has 1 aromatic carbocycles. The van der Waals surface area contributed by atoms with Crippen LogP contribution in [-0.2, 0) is 6.42 Å². The monoisotopic (exact) mass is 341 g/mol. The Hall–Kier alpha value is -0.540. The number of hydrogen-bond donors (Lipinski definition) is 1. The molecule has 0 radical (unpaired) electrons. The molecule has 0 aliphatic rings. The first-order valence-electron chi connectivity index (χ1n) is 7.66. The second-order valence-corrected chi connectivity index (χ2v) is 6.63. The number of unbranched alkanes of at least 4 members (excludes halogenated alkanes) is 3. The van der Waals surface area contributed by atoms with Crippen LogP contribution in [0.4, 0.5) is 0 Å². The number of methoxy groups -OCH3 is 1. The quantitative estimate of drug-likeness (QED) is 0.616. The minimum Gasteiger partial charge on any atom is -0.496 e. The van der Waals surface area contributed by atoms with Crippen molar-refractivity contribution in [3.05, 3.63) is 28.2 Å². The normalized spacial score (nSPS) is 11.1. The Morgan fingerprint density at radius 3 is 2.60 bits per heavy atom. The van der Waals surface area contributed by atoms with E-state index in [0.29, 0.717) is 0 Å². The molecule has 0 heterocycles. The molecule has 3 heteroatoms. The first-order chi connectivity index (χ1) is 9.63. The molecule has 0 aliphatic heterocycles. The standard InChI is InChI=1S/C17H28BrNO/c1-14(2)13-19-11-7-5-4-6-8-15-12-16(18)9-10-17(15)20-3/h9-10,12,14,19H,4-8,11,13H2,1-3H3. The molecule has 0 saturated carbocycles. The summed E-state index contributed by atoms with van der Waals surface area (Å²) in [5.74, 6) is 1.76. The summed E-state index contributed by atoms with van der Waals surface area (Å²) in [6.07, 6.45) is 6.21. The van der Waals surface area contributed by atoms with Crippen LogP contribution in [0.25, 0.3) is 0 Å². The minimum atomic E-state index is 0.749. The van der Waals surface area contributed by atoms with E-state index in [1.807, 2.05) is 12.1 Å². The zero-order valence-corrected chi connectivity index (χ0v) is 14.6. The van der Waals surface area contributed by atoms with Crippen LogP contribution in [0.5, 0.6) is 5.75 Å². The van der Waals surface area contributed by atoms with Crippen LogP contribution in [0.1, 0.15) is 45.1 Å². The average Bonchev–Trinajstić information content (AvgIpc) is 2.41. The van der Waals surface area contributed by atoms with E-state index in [2.05, 4.69) is 41.2 Å². The van der Waals surface area contributed by atoms with Gasteiger partial charge in [0, 0.05) is 4.47 Å². The maximum atomic E-state index is 5.40. The van der Waals surface area contributed by atoms with E-state index in [1.54, 1.807) is 7.11 Å². The Balaban J connectivity index is 2.13. The van der Waals surface area contributed by atoms with Crippen molar-refractivity contribution < 1.29 is 4.74 Å². The van der Waals surface area contributed by atoms with Crippen LogP contribution in [0.3, 0.4) is 0 Å². The van der Waals surface area contributed by atoms with Crippen LogP contribution in [0.15, 0.2) is 22.7 Å². The lowest BCUT2D eigenvalue weighted by atomic mass is 10.1. The number of nitrogens with one attached hydrogen (secondary N) is 1. The van der Waals surface area contributed by atoms with Gasteiger partial charge in [0.2, 0.25) is 0 Å². The Kier molecular flexibility index (Phi) is 8.95. The summed E-state index contributed by atoms with van der Waals surface area (Å²) in [6.45, 7) is 6.78. The molecule has 0 bridgehead atoms. The lowest BCUT2D eigenvalue weighted by Gasteiger charge is -2.09. The van der Waals surface area contributed by atoms with Crippen LogP contribution < -0.4 is 10.1 Å². The first-order valence-corrected chi connectivity index (χ1v) is 8.46. The topological polar surface area (TPSA) is 21.3 Å². The van der Waals surface area contributed by atoms with Crippen molar-refractivity contribution in [2.75, 3.05) is 20.2 Å². The third-order valence-electron chi connectivity index (χ3n) is 3.34. The second-order valence-electron chi connectivity index (χ2n) is 5.72. The van der Waals surface area contributed by atoms with Crippen LogP contribution in [0.2, 0.25) is 0 Å². The third-order valence-corrected chi connectivity index (χ3v) is 3.84. The highest BCUT2D eigenvalue weighted by molar-refractivity contribution is 9.10. The van der Waals surface area contributed by atoms with Gasteiger partial charge in [-0.2, -0.15) is 0 Å². The molecule has 0 amide bonds. The fraction of sp³-hybridized carbons (Fsp3) is 0.647. The predicted molar refractivity (Wildman–Crippen MR) is 90.6 cm³/mol. The van der Waals surface area contributed by atoms with Crippen LogP contribution >= 0.6 is 15.9 Å². The van der Waals surface area contributed by atoms with Crippen molar-refractivity contribution in [3.63, 3.8) is 0 Å². The zero-order valence-electron chi connectivity index (χ0n) is 13.0. The summed E-state index contributed by atoms with van der Waals surface area (Å²) < 4.78 is 6.53. The van der Waals surface area contributed by atoms with E-state index in [0.717, 1.165) is 35.7 Å². The van der Waals surface area contributed by atoms with Gasteiger partial charge in [0.05, 0.1) is 7.11 Å². The summed E-state index contributed by atoms with van der Waals surface area (Å²) in [4.78, 5) is 0. The van der Waals surface area contributed by atoms with E-state index in [4.69, 9.17) is 4.74 Å². The summed E-state index contributed by atoms with van der Waals surface area (Å²) in [6, 6.07) is 6.24. The van der Waals surface area contributed by atoms with Gasteiger partial charge >= 0.3 is 0 Å². The molecule has 0 atom stereocenters. The maximum Gasteiger partial charge on any atom is 0.122 e. The third kappa shape index (κ3) is 7.30. The Labute approximate surface area is 132 Å². The highest BCUT2D eigenvalue weighted by Gasteiger charge is 2.03. The molecule has 2 nitrogen and oxygen atoms in total. The number of ether oxygens (including phenoxy) is 1. The fourth-order valence-corrected chi connectivity index (χ4v) is 2.66. The Morgan fingerprint density at radius 1 is 1.15 bits per heavy atom. The summed E-state index contributed by atoms with van der Waals surface area (Å²) in [7, 11) is 1.74. The van der Waals surface area contributed by atoms with Gasteiger partial charge in [-0.15, -0.1) is 0 Å². The van der Waals surface area contributed by atoms with Crippen molar-refractivity contribution in [1.29, 1.82) is 0 Å². The van der Waals surface area contributed by atoms with Crippen molar-refractivity contribution in [2.45, 2.75) is 46.0 Å². The zero-order chi connectivity index (χ0) is 14.8. The van der Waals surface area contributed by atoms with Crippen molar-refractivity contribution in [1.82, 2.24) is 5.32 Å². The van der Waals surface area contributed by atoms with Gasteiger partial charge < -0.3 is 10.1 Å². The summed E-state index contributed by atoms with van der Waals surface area (Å²) in [5, 5.41) is 3.49. The summed E-state index contributed by atoms with van der Waals surface area (Å²) >= 11 is 3.52. The van der Waals surface area contributed by atoms with Crippen molar-refractivity contribution >= 4 is 15.9 Å². The van der Waals surface area contributed by atoms with Crippen molar-refractivity contribution in [3.8, 4) is 5.75 Å². The van der Waals surface area contributed by atoms with Crippen LogP contribution in [-0.4, -0.2) is 20.2 Å². The molecular formula is C17H28BrNO. The molecule has 1 rings (SSSR count). The van der Waals surface area contributed by atoms with Gasteiger partial charge in [-0.1, -0.05) is 42.6 Å². The van der Waals surface area contributed by atoms with Gasteiger partial charge in [-0.05, 0) is 62.0 Å². The first kappa shape index (κ1) is 17.5. The molecule has 1 N–H and O–H groups in total. The fourth-order valence-electron chi connectivity index (χ4n) is 2.25. The highest BCUT2D eigenvalue weighted by atomic mass is 79.9. The minimum absolute atomic E-state index is 0.749. The number of benzene rings is 1. The molecule has 0 aromatic heterocycles. The summed E-state index contributed by atoms with van der Waals surface area (Å²) in [5.41, 5.74) is 1.31. The molecule has 1 aromatic rings. The molecule has 0 unspecified atom stereocenters. The molecule has 0 saturated heterocycles. The van der Waals surface area contributed by atoms with Crippen LogP contribution in [0, 0.1) is 5.92 Å². The number of halogens is 1. The molecule has 0 aliphatic carbocycles. The lowest BCUT2D eigenvalue weighted by molar-refractivity contribution is 0.408. The van der Waals surface area contributed by atoms with Gasteiger partial charge in [0.15, 0.2) is 0 Å².